The number of nitrogens with zero attached hydrogens (tertiary/aromatic N) is 3. The molecule has 0 radical (unpaired) electrons. The van der Waals surface area contributed by atoms with Crippen molar-refractivity contribution >= 4 is 97.1 Å². The summed E-state index contributed by atoms with van der Waals surface area (Å²) >= 11 is 1.81. The maximum absolute atomic E-state index is 5.59. The van der Waals surface area contributed by atoms with E-state index in [4.69, 9.17) is 9.97 Å². The zero-order valence-corrected chi connectivity index (χ0v) is 36.4. The van der Waals surface area contributed by atoms with Crippen LogP contribution >= 0.6 is 11.3 Å². The molecule has 306 valence electrons. The first-order valence-corrected chi connectivity index (χ1v) is 23.3. The summed E-state index contributed by atoms with van der Waals surface area (Å²) in [5, 5.41) is 17.8. The average Bonchev–Trinajstić information content (AvgIpc) is 4.00. The predicted octanol–water partition coefficient (Wildman–Crippen LogP) is 17.2. The normalized spacial score (nSPS) is 11.9. The Balaban J connectivity index is 1.10. The molecule has 3 nitrogen and oxygen atoms in total. The quantitative estimate of drug-likeness (QED) is 0.162. The number of benzene rings is 11. The minimum Gasteiger partial charge on any atom is -0.294 e. The largest absolute Gasteiger partial charge is 0.294 e. The van der Waals surface area contributed by atoms with Crippen molar-refractivity contribution in [3.8, 4) is 50.7 Å². The molecule has 0 aliphatic rings. The van der Waals surface area contributed by atoms with Gasteiger partial charge in [0.2, 0.25) is 0 Å². The maximum Gasteiger partial charge on any atom is 0.162 e. The fourth-order valence-electron chi connectivity index (χ4n) is 10.6. The number of hydrogen-bond donors (Lipinski definition) is 0. The fraction of sp³-hybridized carbons (Fsp3) is 0. The van der Waals surface area contributed by atoms with E-state index in [0.717, 1.165) is 49.8 Å². The maximum atomic E-state index is 5.59. The van der Waals surface area contributed by atoms with Gasteiger partial charge in [-0.05, 0) is 123 Å². The molecule has 4 heteroatoms. The molecule has 0 bridgehead atoms. The summed E-state index contributed by atoms with van der Waals surface area (Å²) in [4.78, 5) is 11.0. The van der Waals surface area contributed by atoms with E-state index >= 15 is 0 Å². The lowest BCUT2D eigenvalue weighted by atomic mass is 9.91. The fourth-order valence-corrected chi connectivity index (χ4v) is 11.5. The standard InChI is InChI=1S/C62H37N3S/c1-2-13-38(14-3-1)42-28-30-58-55(33-42)56-35-53-48-23-9-8-22-47(48)52-34-43(46-24-12-19-41-31-32-66-61(41)46)27-29-49(52)54(53)36-59(56)65(58)60-37-57(50-25-10-17-39-15-4-6-20-44(39)50)63-62(64-60)51-26-11-18-40-16-5-7-21-45(40)51/h1-37H. The van der Waals surface area contributed by atoms with Gasteiger partial charge in [0.05, 0.1) is 16.7 Å². The van der Waals surface area contributed by atoms with Gasteiger partial charge in [0.25, 0.3) is 0 Å². The van der Waals surface area contributed by atoms with Gasteiger partial charge in [-0.1, -0.05) is 176 Å². The molecule has 3 aromatic heterocycles. The zero-order valence-electron chi connectivity index (χ0n) is 35.6. The van der Waals surface area contributed by atoms with Crippen molar-refractivity contribution in [2.45, 2.75) is 0 Å². The highest BCUT2D eigenvalue weighted by atomic mass is 32.1. The molecule has 66 heavy (non-hydrogen) atoms. The molecular weight excluding hydrogens is 819 g/mol. The minimum absolute atomic E-state index is 0.689. The third-order valence-corrected chi connectivity index (χ3v) is 14.6. The zero-order chi connectivity index (χ0) is 43.3. The molecule has 0 aliphatic heterocycles. The summed E-state index contributed by atoms with van der Waals surface area (Å²) in [5.74, 6) is 1.51. The molecule has 0 amide bonds. The molecule has 14 aromatic rings. The topological polar surface area (TPSA) is 30.7 Å². The Labute approximate surface area is 384 Å². The number of aromatic nitrogens is 3. The van der Waals surface area contributed by atoms with Crippen LogP contribution in [0.4, 0.5) is 0 Å². The lowest BCUT2D eigenvalue weighted by molar-refractivity contribution is 1.05. The average molecular weight is 856 g/mol. The minimum atomic E-state index is 0.689. The molecule has 11 aromatic carbocycles. The molecule has 0 fully saturated rings. The Kier molecular flexibility index (Phi) is 8.15. The van der Waals surface area contributed by atoms with Gasteiger partial charge in [-0.15, -0.1) is 11.3 Å². The van der Waals surface area contributed by atoms with Crippen molar-refractivity contribution in [3.63, 3.8) is 0 Å². The van der Waals surface area contributed by atoms with Crippen LogP contribution in [-0.4, -0.2) is 14.5 Å². The van der Waals surface area contributed by atoms with Gasteiger partial charge >= 0.3 is 0 Å². The van der Waals surface area contributed by atoms with Crippen LogP contribution in [0.2, 0.25) is 0 Å². The number of fused-ring (bicyclic) bond motifs is 12. The van der Waals surface area contributed by atoms with Crippen molar-refractivity contribution in [2.75, 3.05) is 0 Å². The lowest BCUT2D eigenvalue weighted by Gasteiger charge is -2.15. The number of thiophene rings is 1. The second-order valence-corrected chi connectivity index (χ2v) is 18.2. The first kappa shape index (κ1) is 37.0. The van der Waals surface area contributed by atoms with Crippen LogP contribution in [0.25, 0.3) is 136 Å². The lowest BCUT2D eigenvalue weighted by Crippen LogP contribution is -2.03. The molecule has 0 unspecified atom stereocenters. The number of hydrogen-bond acceptors (Lipinski definition) is 3. The van der Waals surface area contributed by atoms with E-state index in [9.17, 15) is 0 Å². The van der Waals surface area contributed by atoms with Crippen molar-refractivity contribution in [1.29, 1.82) is 0 Å². The highest BCUT2D eigenvalue weighted by Gasteiger charge is 2.21. The third kappa shape index (κ3) is 5.69. The van der Waals surface area contributed by atoms with Crippen LogP contribution in [0.1, 0.15) is 0 Å². The van der Waals surface area contributed by atoms with Gasteiger partial charge in [-0.3, -0.25) is 4.57 Å². The predicted molar refractivity (Wildman–Crippen MR) is 281 cm³/mol. The van der Waals surface area contributed by atoms with Crippen LogP contribution in [0.3, 0.4) is 0 Å². The van der Waals surface area contributed by atoms with E-state index < -0.39 is 0 Å². The smallest absolute Gasteiger partial charge is 0.162 e. The van der Waals surface area contributed by atoms with Crippen LogP contribution in [0, 0.1) is 0 Å². The van der Waals surface area contributed by atoms with Gasteiger partial charge in [0.1, 0.15) is 5.82 Å². The van der Waals surface area contributed by atoms with Gasteiger partial charge in [0.15, 0.2) is 5.82 Å². The van der Waals surface area contributed by atoms with Crippen LogP contribution in [-0.2, 0) is 0 Å². The second-order valence-electron chi connectivity index (χ2n) is 17.3. The summed E-state index contributed by atoms with van der Waals surface area (Å²) in [6.45, 7) is 0. The highest BCUT2D eigenvalue weighted by Crippen LogP contribution is 2.44. The van der Waals surface area contributed by atoms with Crippen molar-refractivity contribution < 1.29 is 0 Å². The van der Waals surface area contributed by atoms with Crippen molar-refractivity contribution in [3.05, 3.63) is 224 Å². The third-order valence-electron chi connectivity index (χ3n) is 13.7. The van der Waals surface area contributed by atoms with Crippen LogP contribution < -0.4 is 0 Å². The van der Waals surface area contributed by atoms with E-state index in [-0.39, 0.29) is 0 Å². The molecule has 3 heterocycles. The molecule has 14 rings (SSSR count). The van der Waals surface area contributed by atoms with E-state index in [2.05, 4.69) is 228 Å². The van der Waals surface area contributed by atoms with Gasteiger partial charge < -0.3 is 0 Å². The van der Waals surface area contributed by atoms with E-state index in [1.165, 1.54) is 80.8 Å². The Morgan fingerprint density at radius 2 is 0.894 bits per heavy atom. The highest BCUT2D eigenvalue weighted by molar-refractivity contribution is 7.17. The van der Waals surface area contributed by atoms with Crippen LogP contribution in [0.5, 0.6) is 0 Å². The Bertz CT molecular complexity index is 4190. The second kappa shape index (κ2) is 14.5. The van der Waals surface area contributed by atoms with E-state index in [0.29, 0.717) is 5.82 Å². The van der Waals surface area contributed by atoms with Gasteiger partial charge in [-0.25, -0.2) is 9.97 Å². The summed E-state index contributed by atoms with van der Waals surface area (Å²) in [6.07, 6.45) is 0. The van der Waals surface area contributed by atoms with Gasteiger partial charge in [-0.2, -0.15) is 0 Å². The molecule has 0 atom stereocenters. The SMILES string of the molecule is c1ccc(-c2ccc3c(c2)c2cc4c5ccccc5c5cc(-c6cccc7ccsc67)ccc5c4cc2n3-c2cc(-c3cccc4ccccc34)nc(-c3cccc4ccccc34)n2)cc1. The summed E-state index contributed by atoms with van der Waals surface area (Å²) < 4.78 is 3.70. The Hall–Kier alpha value is -8.44. The molecular formula is C62H37N3S. The molecule has 0 saturated carbocycles. The van der Waals surface area contributed by atoms with E-state index in [1.54, 1.807) is 0 Å². The Morgan fingerprint density at radius 1 is 0.318 bits per heavy atom. The summed E-state index contributed by atoms with van der Waals surface area (Å²) in [5.41, 5.74) is 9.99. The molecule has 0 spiro atoms. The first-order valence-electron chi connectivity index (χ1n) is 22.5. The summed E-state index contributed by atoms with van der Waals surface area (Å²) in [7, 11) is 0. The van der Waals surface area contributed by atoms with Gasteiger partial charge in [0, 0.05) is 32.7 Å². The molecule has 0 aliphatic carbocycles. The monoisotopic (exact) mass is 855 g/mol. The molecule has 0 saturated heterocycles. The Morgan fingerprint density at radius 3 is 1.68 bits per heavy atom. The first-order chi connectivity index (χ1) is 32.7. The number of rotatable bonds is 5. The van der Waals surface area contributed by atoms with Crippen molar-refractivity contribution in [1.82, 2.24) is 14.5 Å². The summed E-state index contributed by atoms with van der Waals surface area (Å²) in [6, 6.07) is 79.6. The van der Waals surface area contributed by atoms with E-state index in [1.807, 2.05) is 11.3 Å². The van der Waals surface area contributed by atoms with Crippen molar-refractivity contribution in [2.24, 2.45) is 0 Å². The van der Waals surface area contributed by atoms with Crippen LogP contribution in [0.15, 0.2) is 224 Å². The molecule has 0 N–H and O–H groups in total.